The maximum absolute atomic E-state index is 5.69. The van der Waals surface area contributed by atoms with Crippen molar-refractivity contribution >= 4 is 16.3 Å². The van der Waals surface area contributed by atoms with E-state index >= 15 is 0 Å². The van der Waals surface area contributed by atoms with Gasteiger partial charge in [0.1, 0.15) is 10.7 Å². The zero-order valence-electron chi connectivity index (χ0n) is 6.27. The number of nitrogens with two attached hydrogens (primary N) is 1. The number of hydrogen-bond acceptors (Lipinski definition) is 4. The molecule has 0 aliphatic heterocycles. The van der Waals surface area contributed by atoms with Crippen LogP contribution >= 0.6 is 11.3 Å². The van der Waals surface area contributed by atoms with Gasteiger partial charge in [0.2, 0.25) is 0 Å². The minimum Gasteiger partial charge on any atom is -0.389 e. The van der Waals surface area contributed by atoms with Crippen molar-refractivity contribution in [3.8, 4) is 11.4 Å². The van der Waals surface area contributed by atoms with Gasteiger partial charge in [-0.15, -0.1) is 11.3 Å². The van der Waals surface area contributed by atoms with Crippen LogP contribution in [0.5, 0.6) is 0 Å². The molecule has 0 amide bonds. The highest BCUT2D eigenvalue weighted by Gasteiger charge is 2.04. The van der Waals surface area contributed by atoms with E-state index in [1.54, 1.807) is 11.7 Å². The van der Waals surface area contributed by atoms with Crippen LogP contribution in [-0.4, -0.2) is 9.97 Å². The summed E-state index contributed by atoms with van der Waals surface area (Å²) in [5.41, 5.74) is 9.02. The molecule has 0 aromatic carbocycles. The summed E-state index contributed by atoms with van der Waals surface area (Å²) in [6.45, 7) is 0. The van der Waals surface area contributed by atoms with Gasteiger partial charge in [-0.25, -0.2) is 4.98 Å². The molecule has 0 aliphatic rings. The van der Waals surface area contributed by atoms with E-state index in [0.29, 0.717) is 5.00 Å². The Bertz CT molecular complexity index is 369. The van der Waals surface area contributed by atoms with Gasteiger partial charge in [-0.2, -0.15) is 0 Å². The number of nitrogen functional groups attached to an aromatic ring is 1. The molecule has 0 saturated carbocycles. The smallest absolute Gasteiger partial charge is 0.123 e. The molecule has 12 heavy (non-hydrogen) atoms. The number of nitrogens with zero attached hydrogens (tertiary/aromatic N) is 2. The normalized spacial score (nSPS) is 10.0. The fourth-order valence-corrected chi connectivity index (χ4v) is 1.49. The van der Waals surface area contributed by atoms with Gasteiger partial charge in [-0.05, 0) is 12.1 Å². The quantitative estimate of drug-likeness (QED) is 0.722. The van der Waals surface area contributed by atoms with E-state index in [1.165, 1.54) is 11.3 Å². The van der Waals surface area contributed by atoms with Crippen molar-refractivity contribution < 1.29 is 0 Å². The van der Waals surface area contributed by atoms with Crippen LogP contribution in [0, 0.1) is 0 Å². The first kappa shape index (κ1) is 7.24. The Kier molecular flexibility index (Phi) is 1.75. The molecular weight excluding hydrogens is 170 g/mol. The number of rotatable bonds is 1. The Balaban J connectivity index is 2.51. The van der Waals surface area contributed by atoms with E-state index in [2.05, 4.69) is 9.97 Å². The molecule has 2 aromatic rings. The predicted octanol–water partition coefficient (Wildman–Crippen LogP) is 1.79. The molecule has 3 nitrogen and oxygen atoms in total. The van der Waals surface area contributed by atoms with Crippen molar-refractivity contribution in [3.63, 3.8) is 0 Å². The molecule has 0 spiro atoms. The predicted molar refractivity (Wildman–Crippen MR) is 49.8 cm³/mol. The number of thiazole rings is 1. The largest absolute Gasteiger partial charge is 0.389 e. The summed E-state index contributed by atoms with van der Waals surface area (Å²) in [7, 11) is 0. The maximum Gasteiger partial charge on any atom is 0.123 e. The third-order valence-electron chi connectivity index (χ3n) is 1.50. The van der Waals surface area contributed by atoms with Crippen LogP contribution in [0.4, 0.5) is 5.00 Å². The van der Waals surface area contributed by atoms with Crippen molar-refractivity contribution in [2.75, 3.05) is 5.73 Å². The van der Waals surface area contributed by atoms with Crippen molar-refractivity contribution in [2.24, 2.45) is 0 Å². The topological polar surface area (TPSA) is 51.8 Å². The zero-order chi connectivity index (χ0) is 8.39. The van der Waals surface area contributed by atoms with Crippen LogP contribution in [0.1, 0.15) is 0 Å². The first-order valence-corrected chi connectivity index (χ1v) is 4.36. The molecule has 60 valence electrons. The fraction of sp³-hybridized carbons (Fsp3) is 0. The Morgan fingerprint density at radius 1 is 1.25 bits per heavy atom. The van der Waals surface area contributed by atoms with Crippen molar-refractivity contribution in [1.82, 2.24) is 9.97 Å². The summed E-state index contributed by atoms with van der Waals surface area (Å²) in [4.78, 5) is 8.26. The molecule has 0 aliphatic carbocycles. The van der Waals surface area contributed by atoms with E-state index in [0.717, 1.165) is 11.4 Å². The van der Waals surface area contributed by atoms with E-state index in [4.69, 9.17) is 5.73 Å². The minimum atomic E-state index is 0.716. The van der Waals surface area contributed by atoms with Crippen molar-refractivity contribution in [2.45, 2.75) is 0 Å². The van der Waals surface area contributed by atoms with Gasteiger partial charge in [0.15, 0.2) is 0 Å². The highest BCUT2D eigenvalue weighted by atomic mass is 32.1. The van der Waals surface area contributed by atoms with Crippen LogP contribution in [-0.2, 0) is 0 Å². The minimum absolute atomic E-state index is 0.716. The van der Waals surface area contributed by atoms with Crippen LogP contribution in [0.2, 0.25) is 0 Å². The first-order valence-electron chi connectivity index (χ1n) is 3.48. The van der Waals surface area contributed by atoms with Gasteiger partial charge in [0.25, 0.3) is 0 Å². The lowest BCUT2D eigenvalue weighted by Gasteiger charge is -1.94. The zero-order valence-corrected chi connectivity index (χ0v) is 7.08. The number of anilines is 1. The average molecular weight is 177 g/mol. The van der Waals surface area contributed by atoms with E-state index in [-0.39, 0.29) is 0 Å². The third kappa shape index (κ3) is 1.16. The summed E-state index contributed by atoms with van der Waals surface area (Å²) in [5.74, 6) is 0. The molecule has 0 atom stereocenters. The molecule has 2 aromatic heterocycles. The third-order valence-corrected chi connectivity index (χ3v) is 2.16. The van der Waals surface area contributed by atoms with E-state index in [9.17, 15) is 0 Å². The summed E-state index contributed by atoms with van der Waals surface area (Å²) in [6, 6.07) is 5.68. The Hall–Kier alpha value is -1.42. The second-order valence-corrected chi connectivity index (χ2v) is 3.17. The molecule has 0 fully saturated rings. The number of aromatic nitrogens is 2. The van der Waals surface area contributed by atoms with E-state index in [1.807, 2.05) is 18.2 Å². The molecular formula is C8H7N3S. The second kappa shape index (κ2) is 2.91. The van der Waals surface area contributed by atoms with Crippen molar-refractivity contribution in [1.29, 1.82) is 0 Å². The molecule has 0 radical (unpaired) electrons. The van der Waals surface area contributed by atoms with E-state index < -0.39 is 0 Å². The summed E-state index contributed by atoms with van der Waals surface area (Å²) < 4.78 is 0. The van der Waals surface area contributed by atoms with Gasteiger partial charge in [-0.1, -0.05) is 6.07 Å². The average Bonchev–Trinajstić information content (AvgIpc) is 2.53. The SMILES string of the molecule is Nc1scnc1-c1ccccn1. The highest BCUT2D eigenvalue weighted by molar-refractivity contribution is 7.14. The highest BCUT2D eigenvalue weighted by Crippen LogP contribution is 2.24. The van der Waals surface area contributed by atoms with Crippen LogP contribution in [0.3, 0.4) is 0 Å². The van der Waals surface area contributed by atoms with Crippen LogP contribution in [0.25, 0.3) is 11.4 Å². The summed E-state index contributed by atoms with van der Waals surface area (Å²) in [6.07, 6.45) is 1.73. The molecule has 2 N–H and O–H groups in total. The lowest BCUT2D eigenvalue weighted by Crippen LogP contribution is -1.87. The molecule has 0 unspecified atom stereocenters. The molecule has 4 heteroatoms. The van der Waals surface area contributed by atoms with Gasteiger partial charge in [0, 0.05) is 6.20 Å². The maximum atomic E-state index is 5.69. The van der Waals surface area contributed by atoms with Gasteiger partial charge >= 0.3 is 0 Å². The van der Waals surface area contributed by atoms with Crippen LogP contribution in [0.15, 0.2) is 29.9 Å². The second-order valence-electron chi connectivity index (χ2n) is 2.28. The first-order chi connectivity index (χ1) is 5.88. The van der Waals surface area contributed by atoms with Gasteiger partial charge in [-0.3, -0.25) is 4.98 Å². The molecule has 0 saturated heterocycles. The number of pyridine rings is 1. The monoisotopic (exact) mass is 177 g/mol. The molecule has 0 bridgehead atoms. The lowest BCUT2D eigenvalue weighted by molar-refractivity contribution is 1.28. The Labute approximate surface area is 73.9 Å². The van der Waals surface area contributed by atoms with Gasteiger partial charge in [0.05, 0.1) is 11.2 Å². The standard InChI is InChI=1S/C8H7N3S/c9-8-7(11-5-12-8)6-3-1-2-4-10-6/h1-5H,9H2. The van der Waals surface area contributed by atoms with Gasteiger partial charge < -0.3 is 5.73 Å². The Morgan fingerprint density at radius 3 is 2.75 bits per heavy atom. The lowest BCUT2D eigenvalue weighted by atomic mass is 10.3. The van der Waals surface area contributed by atoms with Crippen LogP contribution < -0.4 is 5.73 Å². The summed E-state index contributed by atoms with van der Waals surface area (Å²) >= 11 is 1.43. The molecule has 2 heterocycles. The fourth-order valence-electron chi connectivity index (χ4n) is 0.950. The van der Waals surface area contributed by atoms with Crippen molar-refractivity contribution in [3.05, 3.63) is 29.9 Å². The Morgan fingerprint density at radius 2 is 2.17 bits per heavy atom. The summed E-state index contributed by atoms with van der Waals surface area (Å²) in [5, 5.41) is 0.716. The number of hydrogen-bond donors (Lipinski definition) is 1. The molecule has 2 rings (SSSR count).